The Kier molecular flexibility index (Phi) is 7.30. The van der Waals surface area contributed by atoms with Crippen LogP contribution in [0.5, 0.6) is 11.5 Å². The van der Waals surface area contributed by atoms with Crippen molar-refractivity contribution >= 4 is 34.6 Å². The molecule has 0 aliphatic heterocycles. The first-order chi connectivity index (χ1) is 16.6. The summed E-state index contributed by atoms with van der Waals surface area (Å²) < 4.78 is 11.2. The second-order valence-corrected chi connectivity index (χ2v) is 7.62. The van der Waals surface area contributed by atoms with E-state index in [1.807, 2.05) is 54.7 Å². The topological polar surface area (TPSA) is 81.3 Å². The third-order valence-corrected chi connectivity index (χ3v) is 5.14. The number of ether oxygens (including phenoxy) is 2. The Labute approximate surface area is 197 Å². The van der Waals surface area contributed by atoms with Crippen molar-refractivity contribution in [2.75, 3.05) is 7.11 Å². The van der Waals surface area contributed by atoms with Crippen LogP contribution < -0.4 is 9.47 Å². The third kappa shape index (κ3) is 6.07. The summed E-state index contributed by atoms with van der Waals surface area (Å²) in [6.45, 7) is 0.319. The lowest BCUT2D eigenvalue weighted by Gasteiger charge is -2.11. The maximum atomic E-state index is 12.2. The average Bonchev–Trinajstić information content (AvgIpc) is 3.34. The molecule has 170 valence electrons. The Morgan fingerprint density at radius 2 is 1.68 bits per heavy atom. The molecule has 0 aliphatic rings. The molecule has 6 heteroatoms. The van der Waals surface area contributed by atoms with Gasteiger partial charge in [0.25, 0.3) is 0 Å². The molecule has 4 rings (SSSR count). The lowest BCUT2D eigenvalue weighted by Crippen LogP contribution is -2.02. The van der Waals surface area contributed by atoms with Gasteiger partial charge in [0.1, 0.15) is 6.61 Å². The lowest BCUT2D eigenvalue weighted by molar-refractivity contribution is -0.121. The van der Waals surface area contributed by atoms with Gasteiger partial charge in [-0.2, -0.15) is 0 Å². The summed E-state index contributed by atoms with van der Waals surface area (Å²) in [5.41, 5.74) is 3.46. The molecule has 2 heterocycles. The molecule has 0 spiro atoms. The number of pyridine rings is 1. The van der Waals surface area contributed by atoms with Gasteiger partial charge in [0.15, 0.2) is 23.1 Å². The molecular formula is C28H24N2O4. The van der Waals surface area contributed by atoms with E-state index < -0.39 is 0 Å². The van der Waals surface area contributed by atoms with E-state index in [0.717, 1.165) is 27.7 Å². The number of hydrogen-bond donors (Lipinski definition) is 1. The summed E-state index contributed by atoms with van der Waals surface area (Å²) >= 11 is 0. The van der Waals surface area contributed by atoms with Crippen molar-refractivity contribution < 1.29 is 19.1 Å². The van der Waals surface area contributed by atoms with E-state index in [1.165, 1.54) is 12.2 Å². The van der Waals surface area contributed by atoms with Crippen molar-refractivity contribution in [3.05, 3.63) is 102 Å². The summed E-state index contributed by atoms with van der Waals surface area (Å²) in [6.07, 6.45) is 9.60. The Bertz CT molecular complexity index is 1350. The van der Waals surface area contributed by atoms with Gasteiger partial charge in [0.05, 0.1) is 19.2 Å². The number of H-pyrrole nitrogens is 1. The summed E-state index contributed by atoms with van der Waals surface area (Å²) in [4.78, 5) is 31.8. The van der Waals surface area contributed by atoms with Crippen LogP contribution in [0, 0.1) is 0 Å². The molecule has 2 aromatic carbocycles. The van der Waals surface area contributed by atoms with Gasteiger partial charge in [-0.1, -0.05) is 36.4 Å². The predicted octanol–water partition coefficient (Wildman–Crippen LogP) is 5.41. The summed E-state index contributed by atoms with van der Waals surface area (Å²) in [6, 6.07) is 18.8. The zero-order chi connectivity index (χ0) is 23.8. The van der Waals surface area contributed by atoms with Crippen LogP contribution >= 0.6 is 0 Å². The van der Waals surface area contributed by atoms with E-state index in [9.17, 15) is 9.59 Å². The van der Waals surface area contributed by atoms with Gasteiger partial charge in [-0.05, 0) is 65.1 Å². The fourth-order valence-electron chi connectivity index (χ4n) is 3.38. The number of aromatic nitrogens is 2. The van der Waals surface area contributed by atoms with Crippen molar-refractivity contribution in [1.82, 2.24) is 9.97 Å². The molecule has 0 fully saturated rings. The zero-order valence-electron chi connectivity index (χ0n) is 18.7. The fourth-order valence-corrected chi connectivity index (χ4v) is 3.38. The first kappa shape index (κ1) is 22.7. The number of rotatable bonds is 10. The second kappa shape index (κ2) is 10.9. The molecule has 0 saturated carbocycles. The van der Waals surface area contributed by atoms with Crippen molar-refractivity contribution in [3.8, 4) is 11.5 Å². The standard InChI is InChI=1S/C28H24N2O4/c1-33-28-17-21(8-12-27(28)34-19-23-4-2-3-14-29-23)7-11-25(32)18-24(31)10-6-20-5-9-22-13-15-30-26(22)16-20/h2-17,30H,18-19H2,1H3/b10-6+,11-7+. The van der Waals surface area contributed by atoms with E-state index in [0.29, 0.717) is 18.1 Å². The summed E-state index contributed by atoms with van der Waals surface area (Å²) in [5, 5.41) is 1.10. The Hall–Kier alpha value is -4.45. The number of fused-ring (bicyclic) bond motifs is 1. The van der Waals surface area contributed by atoms with Crippen LogP contribution in [0.15, 0.2) is 85.2 Å². The van der Waals surface area contributed by atoms with E-state index in [-0.39, 0.29) is 18.0 Å². The van der Waals surface area contributed by atoms with Gasteiger partial charge >= 0.3 is 0 Å². The summed E-state index contributed by atoms with van der Waals surface area (Å²) in [5.74, 6) is 0.596. The number of nitrogens with one attached hydrogen (secondary N) is 1. The van der Waals surface area contributed by atoms with Crippen molar-refractivity contribution in [1.29, 1.82) is 0 Å². The first-order valence-corrected chi connectivity index (χ1v) is 10.8. The molecular weight excluding hydrogens is 428 g/mol. The molecule has 4 aromatic rings. The number of aromatic amines is 1. The molecule has 0 bridgehead atoms. The van der Waals surface area contributed by atoms with Crippen molar-refractivity contribution in [3.63, 3.8) is 0 Å². The number of ketones is 2. The maximum Gasteiger partial charge on any atom is 0.163 e. The fraction of sp³-hybridized carbons (Fsp3) is 0.107. The maximum absolute atomic E-state index is 12.2. The van der Waals surface area contributed by atoms with Crippen LogP contribution in [-0.4, -0.2) is 28.6 Å². The molecule has 0 amide bonds. The largest absolute Gasteiger partial charge is 0.493 e. The van der Waals surface area contributed by atoms with E-state index in [1.54, 1.807) is 37.6 Å². The van der Waals surface area contributed by atoms with Gasteiger partial charge in [0.2, 0.25) is 0 Å². The number of methoxy groups -OCH3 is 1. The minimum absolute atomic E-state index is 0.194. The first-order valence-electron chi connectivity index (χ1n) is 10.8. The Balaban J connectivity index is 1.32. The van der Waals surface area contributed by atoms with Gasteiger partial charge < -0.3 is 14.5 Å². The second-order valence-electron chi connectivity index (χ2n) is 7.62. The van der Waals surface area contributed by atoms with Crippen LogP contribution in [0.2, 0.25) is 0 Å². The molecule has 0 saturated heterocycles. The van der Waals surface area contributed by atoms with Crippen LogP contribution in [0.25, 0.3) is 23.1 Å². The molecule has 1 N–H and O–H groups in total. The van der Waals surface area contributed by atoms with E-state index in [4.69, 9.17) is 9.47 Å². The minimum Gasteiger partial charge on any atom is -0.493 e. The molecule has 0 aliphatic carbocycles. The quantitative estimate of drug-likeness (QED) is 0.257. The van der Waals surface area contributed by atoms with Gasteiger partial charge in [0, 0.05) is 17.9 Å². The molecule has 0 unspecified atom stereocenters. The monoisotopic (exact) mass is 452 g/mol. The van der Waals surface area contributed by atoms with Crippen LogP contribution in [-0.2, 0) is 16.2 Å². The van der Waals surface area contributed by atoms with E-state index in [2.05, 4.69) is 9.97 Å². The number of benzene rings is 2. The van der Waals surface area contributed by atoms with Crippen molar-refractivity contribution in [2.24, 2.45) is 0 Å². The normalized spacial score (nSPS) is 11.3. The molecule has 0 radical (unpaired) electrons. The van der Waals surface area contributed by atoms with E-state index >= 15 is 0 Å². The highest BCUT2D eigenvalue weighted by atomic mass is 16.5. The van der Waals surface area contributed by atoms with Crippen LogP contribution in [0.4, 0.5) is 0 Å². The lowest BCUT2D eigenvalue weighted by atomic mass is 10.1. The number of carbonyl (C=O) groups is 2. The van der Waals surface area contributed by atoms with Gasteiger partial charge in [-0.3, -0.25) is 14.6 Å². The molecule has 6 nitrogen and oxygen atoms in total. The average molecular weight is 453 g/mol. The number of allylic oxidation sites excluding steroid dienone is 2. The van der Waals surface area contributed by atoms with Gasteiger partial charge in [-0.25, -0.2) is 0 Å². The minimum atomic E-state index is -0.274. The smallest absolute Gasteiger partial charge is 0.163 e. The highest BCUT2D eigenvalue weighted by Crippen LogP contribution is 2.29. The molecule has 0 atom stereocenters. The highest BCUT2D eigenvalue weighted by Gasteiger charge is 2.07. The highest BCUT2D eigenvalue weighted by molar-refractivity contribution is 6.11. The molecule has 2 aromatic heterocycles. The Morgan fingerprint density at radius 3 is 2.41 bits per heavy atom. The Morgan fingerprint density at radius 1 is 0.912 bits per heavy atom. The SMILES string of the molecule is COc1cc(/C=C/C(=O)CC(=O)/C=C/c2ccc3cc[nH]c3c2)ccc1OCc1ccccn1. The molecule has 34 heavy (non-hydrogen) atoms. The third-order valence-electron chi connectivity index (χ3n) is 5.14. The zero-order valence-corrected chi connectivity index (χ0v) is 18.7. The van der Waals surface area contributed by atoms with Crippen LogP contribution in [0.1, 0.15) is 23.2 Å². The van der Waals surface area contributed by atoms with Gasteiger partial charge in [-0.15, -0.1) is 0 Å². The predicted molar refractivity (Wildman–Crippen MR) is 133 cm³/mol. The van der Waals surface area contributed by atoms with Crippen molar-refractivity contribution in [2.45, 2.75) is 13.0 Å². The number of hydrogen-bond acceptors (Lipinski definition) is 5. The summed E-state index contributed by atoms with van der Waals surface area (Å²) in [7, 11) is 1.56. The number of nitrogens with zero attached hydrogens (tertiary/aromatic N) is 1. The van der Waals surface area contributed by atoms with Crippen LogP contribution in [0.3, 0.4) is 0 Å². The number of carbonyl (C=O) groups excluding carboxylic acids is 2.